The first-order chi connectivity index (χ1) is 10.5. The van der Waals surface area contributed by atoms with Crippen LogP contribution in [0.4, 0.5) is 10.1 Å². The smallest absolute Gasteiger partial charge is 0.339 e. The second-order valence-corrected chi connectivity index (χ2v) is 5.26. The van der Waals surface area contributed by atoms with Crippen molar-refractivity contribution in [2.45, 2.75) is 19.4 Å². The molecule has 0 fully saturated rings. The first kappa shape index (κ1) is 14.3. The lowest BCUT2D eigenvalue weighted by Crippen LogP contribution is -2.38. The summed E-state index contributed by atoms with van der Waals surface area (Å²) in [5, 5.41) is 2.71. The molecule has 1 atom stereocenters. The first-order valence-corrected chi connectivity index (χ1v) is 6.90. The lowest BCUT2D eigenvalue weighted by atomic mass is 9.98. The molecule has 5 heteroatoms. The van der Waals surface area contributed by atoms with Gasteiger partial charge in [0.25, 0.3) is 5.91 Å². The van der Waals surface area contributed by atoms with E-state index in [1.54, 1.807) is 6.07 Å². The predicted octanol–water partition coefficient (Wildman–Crippen LogP) is 2.85. The van der Waals surface area contributed by atoms with Gasteiger partial charge in [0.15, 0.2) is 6.10 Å². The quantitative estimate of drug-likeness (QED) is 0.868. The van der Waals surface area contributed by atoms with Crippen molar-refractivity contribution in [1.29, 1.82) is 0 Å². The summed E-state index contributed by atoms with van der Waals surface area (Å²) in [7, 11) is 0. The molecule has 3 rings (SSSR count). The highest BCUT2D eigenvalue weighted by Gasteiger charge is 2.31. The molecule has 1 aliphatic heterocycles. The highest BCUT2D eigenvalue weighted by Crippen LogP contribution is 2.22. The number of nitrogens with one attached hydrogen (secondary N) is 1. The van der Waals surface area contributed by atoms with E-state index in [1.165, 1.54) is 18.2 Å². The summed E-state index contributed by atoms with van der Waals surface area (Å²) in [5.74, 6) is -1.47. The zero-order chi connectivity index (χ0) is 15.7. The maximum absolute atomic E-state index is 13.3. The second-order valence-electron chi connectivity index (χ2n) is 5.26. The van der Waals surface area contributed by atoms with Gasteiger partial charge in [0.1, 0.15) is 5.82 Å². The summed E-state index contributed by atoms with van der Waals surface area (Å²) < 4.78 is 18.4. The highest BCUT2D eigenvalue weighted by molar-refractivity contribution is 6.00. The lowest BCUT2D eigenvalue weighted by molar-refractivity contribution is -0.125. The van der Waals surface area contributed by atoms with E-state index in [9.17, 15) is 14.0 Å². The SMILES string of the molecule is Cc1cccc(NC(=O)C2Cc3cc(F)ccc3C(=O)O2)c1. The molecule has 0 spiro atoms. The number of esters is 1. The van der Waals surface area contributed by atoms with Gasteiger partial charge in [-0.05, 0) is 48.4 Å². The van der Waals surface area contributed by atoms with Gasteiger partial charge < -0.3 is 10.1 Å². The number of carbonyl (C=O) groups is 2. The zero-order valence-electron chi connectivity index (χ0n) is 11.9. The summed E-state index contributed by atoms with van der Waals surface area (Å²) in [5.41, 5.74) is 2.43. The molecule has 1 unspecified atom stereocenters. The van der Waals surface area contributed by atoms with Crippen LogP contribution < -0.4 is 5.32 Å². The Labute approximate surface area is 126 Å². The average Bonchev–Trinajstić information content (AvgIpc) is 2.46. The molecular weight excluding hydrogens is 285 g/mol. The van der Waals surface area contributed by atoms with Crippen LogP contribution in [0.2, 0.25) is 0 Å². The van der Waals surface area contributed by atoms with Crippen molar-refractivity contribution in [2.24, 2.45) is 0 Å². The number of halogens is 1. The second kappa shape index (κ2) is 5.60. The Morgan fingerprint density at radius 2 is 2.09 bits per heavy atom. The fraction of sp³-hybridized carbons (Fsp3) is 0.176. The van der Waals surface area contributed by atoms with Crippen molar-refractivity contribution in [3.05, 3.63) is 65.0 Å². The maximum atomic E-state index is 13.3. The lowest BCUT2D eigenvalue weighted by Gasteiger charge is -2.24. The van der Waals surface area contributed by atoms with Crippen molar-refractivity contribution >= 4 is 17.6 Å². The summed E-state index contributed by atoms with van der Waals surface area (Å²) in [6.45, 7) is 1.91. The van der Waals surface area contributed by atoms with Crippen LogP contribution >= 0.6 is 0 Å². The molecule has 0 bridgehead atoms. The van der Waals surface area contributed by atoms with Crippen LogP contribution in [-0.4, -0.2) is 18.0 Å². The minimum atomic E-state index is -0.956. The molecule has 0 saturated carbocycles. The molecule has 2 aromatic rings. The third-order valence-corrected chi connectivity index (χ3v) is 3.52. The molecular formula is C17H14FNO3. The Balaban J connectivity index is 1.79. The molecule has 0 aromatic heterocycles. The van der Waals surface area contributed by atoms with Crippen molar-refractivity contribution in [3.8, 4) is 0 Å². The number of carbonyl (C=O) groups excluding carboxylic acids is 2. The van der Waals surface area contributed by atoms with Crippen molar-refractivity contribution in [1.82, 2.24) is 0 Å². The predicted molar refractivity (Wildman–Crippen MR) is 79.1 cm³/mol. The normalized spacial score (nSPS) is 16.6. The number of fused-ring (bicyclic) bond motifs is 1. The molecule has 22 heavy (non-hydrogen) atoms. The fourth-order valence-electron chi connectivity index (χ4n) is 2.46. The van der Waals surface area contributed by atoms with Crippen LogP contribution in [0.15, 0.2) is 42.5 Å². The first-order valence-electron chi connectivity index (χ1n) is 6.90. The molecule has 0 saturated heterocycles. The van der Waals surface area contributed by atoms with E-state index >= 15 is 0 Å². The van der Waals surface area contributed by atoms with Gasteiger partial charge in [0, 0.05) is 12.1 Å². The Bertz CT molecular complexity index is 757. The molecule has 1 N–H and O–H groups in total. The van der Waals surface area contributed by atoms with E-state index < -0.39 is 23.8 Å². The number of hydrogen-bond acceptors (Lipinski definition) is 3. The summed E-state index contributed by atoms with van der Waals surface area (Å²) in [6.07, 6.45) is -0.793. The van der Waals surface area contributed by atoms with Gasteiger partial charge in [-0.15, -0.1) is 0 Å². The number of aryl methyl sites for hydroxylation is 1. The van der Waals surface area contributed by atoms with Gasteiger partial charge in [-0.3, -0.25) is 4.79 Å². The average molecular weight is 299 g/mol. The number of ether oxygens (including phenoxy) is 1. The van der Waals surface area contributed by atoms with Crippen molar-refractivity contribution in [2.75, 3.05) is 5.32 Å². The van der Waals surface area contributed by atoms with Crippen molar-refractivity contribution < 1.29 is 18.7 Å². The van der Waals surface area contributed by atoms with Gasteiger partial charge >= 0.3 is 5.97 Å². The highest BCUT2D eigenvalue weighted by atomic mass is 19.1. The van der Waals surface area contributed by atoms with Crippen LogP contribution in [0.1, 0.15) is 21.5 Å². The standard InChI is InChI=1S/C17H14FNO3/c1-10-3-2-4-13(7-10)19-16(20)15-9-11-8-12(18)5-6-14(11)17(21)22-15/h2-8,15H,9H2,1H3,(H,19,20). The Morgan fingerprint density at radius 1 is 1.27 bits per heavy atom. The van der Waals surface area contributed by atoms with Crippen molar-refractivity contribution in [3.63, 3.8) is 0 Å². The van der Waals surface area contributed by atoms with Gasteiger partial charge in [0.2, 0.25) is 0 Å². The monoisotopic (exact) mass is 299 g/mol. The number of amides is 1. The van der Waals surface area contributed by atoms with Crippen LogP contribution in [0.5, 0.6) is 0 Å². The molecule has 1 amide bonds. The Kier molecular flexibility index (Phi) is 3.63. The van der Waals surface area contributed by atoms with Gasteiger partial charge in [-0.25, -0.2) is 9.18 Å². The molecule has 1 heterocycles. The Hall–Kier alpha value is -2.69. The fourth-order valence-corrected chi connectivity index (χ4v) is 2.46. The number of rotatable bonds is 2. The van der Waals surface area contributed by atoms with Crippen LogP contribution in [0.3, 0.4) is 0 Å². The molecule has 0 aliphatic carbocycles. The van der Waals surface area contributed by atoms with E-state index in [0.717, 1.165) is 5.56 Å². The largest absolute Gasteiger partial charge is 0.448 e. The van der Waals surface area contributed by atoms with E-state index in [1.807, 2.05) is 25.1 Å². The molecule has 0 radical (unpaired) electrons. The van der Waals surface area contributed by atoms with Gasteiger partial charge in [-0.2, -0.15) is 0 Å². The van der Waals surface area contributed by atoms with Crippen LogP contribution in [0.25, 0.3) is 0 Å². The van der Waals surface area contributed by atoms with E-state index in [4.69, 9.17) is 4.74 Å². The summed E-state index contributed by atoms with van der Waals surface area (Å²) in [6, 6.07) is 11.1. The van der Waals surface area contributed by atoms with Gasteiger partial charge in [0.05, 0.1) is 5.56 Å². The number of cyclic esters (lactones) is 1. The van der Waals surface area contributed by atoms with Crippen LogP contribution in [0, 0.1) is 12.7 Å². The number of anilines is 1. The zero-order valence-corrected chi connectivity index (χ0v) is 11.9. The topological polar surface area (TPSA) is 55.4 Å². The molecule has 2 aromatic carbocycles. The number of hydrogen-bond donors (Lipinski definition) is 1. The van der Waals surface area contributed by atoms with Crippen LogP contribution in [-0.2, 0) is 16.0 Å². The maximum Gasteiger partial charge on any atom is 0.339 e. The van der Waals surface area contributed by atoms with E-state index in [2.05, 4.69) is 5.32 Å². The van der Waals surface area contributed by atoms with E-state index in [-0.39, 0.29) is 6.42 Å². The third-order valence-electron chi connectivity index (χ3n) is 3.52. The summed E-state index contributed by atoms with van der Waals surface area (Å²) >= 11 is 0. The number of benzene rings is 2. The molecule has 1 aliphatic rings. The minimum Gasteiger partial charge on any atom is -0.448 e. The Morgan fingerprint density at radius 3 is 2.86 bits per heavy atom. The van der Waals surface area contributed by atoms with E-state index in [0.29, 0.717) is 16.8 Å². The minimum absolute atomic E-state index is 0.163. The molecule has 112 valence electrons. The third kappa shape index (κ3) is 2.83. The van der Waals surface area contributed by atoms with Gasteiger partial charge in [-0.1, -0.05) is 12.1 Å². The summed E-state index contributed by atoms with van der Waals surface area (Å²) in [4.78, 5) is 24.1. The molecule has 4 nitrogen and oxygen atoms in total.